The molecule has 0 amide bonds. The molecule has 0 aliphatic carbocycles. The second-order valence-electron chi connectivity index (χ2n) is 5.01. The third kappa shape index (κ3) is 2.90. The summed E-state index contributed by atoms with van der Waals surface area (Å²) in [6.07, 6.45) is 5.29. The molecule has 1 aromatic heterocycles. The topological polar surface area (TPSA) is 16.1 Å². The van der Waals surface area contributed by atoms with Gasteiger partial charge in [0, 0.05) is 18.8 Å². The van der Waals surface area contributed by atoms with Gasteiger partial charge >= 0.3 is 0 Å². The predicted octanol–water partition coefficient (Wildman–Crippen LogP) is 3.95. The maximum Gasteiger partial charge on any atom is 0.128 e. The van der Waals surface area contributed by atoms with Crippen LogP contribution in [-0.2, 0) is 6.42 Å². The molecule has 1 fully saturated rings. The third-order valence-corrected chi connectivity index (χ3v) is 3.92. The zero-order chi connectivity index (χ0) is 13.1. The van der Waals surface area contributed by atoms with Gasteiger partial charge in [-0.1, -0.05) is 41.9 Å². The largest absolute Gasteiger partial charge is 0.353 e. The summed E-state index contributed by atoms with van der Waals surface area (Å²) in [7, 11) is 0. The standard InChI is InChI=1S/C16H17ClN2/c17-14-8-9-16(18-12-14)19-10-4-7-15(19)11-13-5-2-1-3-6-13/h1-3,5-6,8-9,12,15H,4,7,10-11H2. The van der Waals surface area contributed by atoms with E-state index < -0.39 is 0 Å². The fraction of sp³-hybridized carbons (Fsp3) is 0.312. The first kappa shape index (κ1) is 12.5. The van der Waals surface area contributed by atoms with E-state index in [2.05, 4.69) is 40.2 Å². The van der Waals surface area contributed by atoms with Crippen molar-refractivity contribution in [1.29, 1.82) is 0 Å². The first-order chi connectivity index (χ1) is 9.33. The minimum atomic E-state index is 0.552. The number of hydrogen-bond acceptors (Lipinski definition) is 2. The molecule has 2 nitrogen and oxygen atoms in total. The molecule has 2 aromatic rings. The lowest BCUT2D eigenvalue weighted by molar-refractivity contribution is 0.658. The van der Waals surface area contributed by atoms with Crippen molar-refractivity contribution in [2.45, 2.75) is 25.3 Å². The Hall–Kier alpha value is -1.54. The van der Waals surface area contributed by atoms with Crippen LogP contribution in [0.2, 0.25) is 5.02 Å². The molecule has 1 saturated heterocycles. The number of benzene rings is 1. The molecule has 19 heavy (non-hydrogen) atoms. The van der Waals surface area contributed by atoms with Crippen LogP contribution in [0.4, 0.5) is 5.82 Å². The van der Waals surface area contributed by atoms with Crippen molar-refractivity contribution < 1.29 is 0 Å². The van der Waals surface area contributed by atoms with Gasteiger partial charge in [0.05, 0.1) is 5.02 Å². The Bertz CT molecular complexity index is 524. The Morgan fingerprint density at radius 3 is 2.74 bits per heavy atom. The van der Waals surface area contributed by atoms with Crippen LogP contribution in [0.15, 0.2) is 48.7 Å². The van der Waals surface area contributed by atoms with Gasteiger partial charge in [0.15, 0.2) is 0 Å². The van der Waals surface area contributed by atoms with Gasteiger partial charge in [-0.15, -0.1) is 0 Å². The van der Waals surface area contributed by atoms with Crippen molar-refractivity contribution in [1.82, 2.24) is 4.98 Å². The van der Waals surface area contributed by atoms with Crippen LogP contribution >= 0.6 is 11.6 Å². The van der Waals surface area contributed by atoms with Gasteiger partial charge in [-0.3, -0.25) is 0 Å². The molecular formula is C16H17ClN2. The maximum atomic E-state index is 5.90. The van der Waals surface area contributed by atoms with Crippen molar-refractivity contribution in [2.75, 3.05) is 11.4 Å². The molecule has 1 aromatic carbocycles. The van der Waals surface area contributed by atoms with E-state index in [9.17, 15) is 0 Å². The molecular weight excluding hydrogens is 256 g/mol. The van der Waals surface area contributed by atoms with Crippen molar-refractivity contribution >= 4 is 17.4 Å². The quantitative estimate of drug-likeness (QED) is 0.841. The minimum absolute atomic E-state index is 0.552. The molecule has 3 rings (SSSR count). The second-order valence-corrected chi connectivity index (χ2v) is 5.45. The number of anilines is 1. The van der Waals surface area contributed by atoms with E-state index >= 15 is 0 Å². The third-order valence-electron chi connectivity index (χ3n) is 3.70. The normalized spacial score (nSPS) is 18.8. The molecule has 98 valence electrons. The van der Waals surface area contributed by atoms with Crippen LogP contribution in [0.25, 0.3) is 0 Å². The van der Waals surface area contributed by atoms with Crippen LogP contribution in [0.5, 0.6) is 0 Å². The van der Waals surface area contributed by atoms with Crippen molar-refractivity contribution in [3.63, 3.8) is 0 Å². The lowest BCUT2D eigenvalue weighted by atomic mass is 10.0. The van der Waals surface area contributed by atoms with E-state index in [1.165, 1.54) is 18.4 Å². The molecule has 1 atom stereocenters. The Balaban J connectivity index is 1.76. The second kappa shape index (κ2) is 5.62. The number of halogens is 1. The fourth-order valence-electron chi connectivity index (χ4n) is 2.77. The van der Waals surface area contributed by atoms with Crippen molar-refractivity contribution in [3.8, 4) is 0 Å². The first-order valence-corrected chi connectivity index (χ1v) is 7.13. The van der Waals surface area contributed by atoms with Gasteiger partial charge in [-0.05, 0) is 37.0 Å². The van der Waals surface area contributed by atoms with Gasteiger partial charge in [0.1, 0.15) is 5.82 Å². The summed E-state index contributed by atoms with van der Waals surface area (Å²) in [5.74, 6) is 1.04. The summed E-state index contributed by atoms with van der Waals surface area (Å²) in [6, 6.07) is 15.2. The minimum Gasteiger partial charge on any atom is -0.353 e. The Kier molecular flexibility index (Phi) is 3.69. The number of hydrogen-bond donors (Lipinski definition) is 0. The van der Waals surface area contributed by atoms with Crippen LogP contribution in [-0.4, -0.2) is 17.6 Å². The highest BCUT2D eigenvalue weighted by Crippen LogP contribution is 2.26. The van der Waals surface area contributed by atoms with Gasteiger partial charge in [0.25, 0.3) is 0 Å². The summed E-state index contributed by atoms with van der Waals surface area (Å²) in [6.45, 7) is 1.09. The van der Waals surface area contributed by atoms with E-state index in [1.54, 1.807) is 6.20 Å². The van der Waals surface area contributed by atoms with Crippen LogP contribution in [0.3, 0.4) is 0 Å². The number of nitrogens with zero attached hydrogens (tertiary/aromatic N) is 2. The van der Waals surface area contributed by atoms with E-state index in [4.69, 9.17) is 11.6 Å². The summed E-state index contributed by atoms with van der Waals surface area (Å²) in [5, 5.41) is 0.697. The Morgan fingerprint density at radius 1 is 1.16 bits per heavy atom. The molecule has 0 radical (unpaired) electrons. The highest BCUT2D eigenvalue weighted by atomic mass is 35.5. The molecule has 1 unspecified atom stereocenters. The maximum absolute atomic E-state index is 5.90. The molecule has 3 heteroatoms. The van der Waals surface area contributed by atoms with Gasteiger partial charge in [0.2, 0.25) is 0 Å². The monoisotopic (exact) mass is 272 g/mol. The number of rotatable bonds is 3. The SMILES string of the molecule is Clc1ccc(N2CCCC2Cc2ccccc2)nc1. The zero-order valence-electron chi connectivity index (χ0n) is 10.8. The highest BCUT2D eigenvalue weighted by Gasteiger charge is 2.25. The number of pyridine rings is 1. The summed E-state index contributed by atoms with van der Waals surface area (Å²) in [5.41, 5.74) is 1.40. The van der Waals surface area contributed by atoms with Crippen LogP contribution < -0.4 is 4.90 Å². The average Bonchev–Trinajstić information content (AvgIpc) is 2.89. The van der Waals surface area contributed by atoms with Crippen molar-refractivity contribution in [2.24, 2.45) is 0 Å². The van der Waals surface area contributed by atoms with Crippen LogP contribution in [0, 0.1) is 0 Å². The van der Waals surface area contributed by atoms with E-state index in [0.29, 0.717) is 11.1 Å². The summed E-state index contributed by atoms with van der Waals surface area (Å²) >= 11 is 5.90. The van der Waals surface area contributed by atoms with Gasteiger partial charge in [-0.2, -0.15) is 0 Å². The molecule has 0 bridgehead atoms. The molecule has 1 aliphatic rings. The molecule has 0 N–H and O–H groups in total. The lowest BCUT2D eigenvalue weighted by Gasteiger charge is -2.25. The van der Waals surface area contributed by atoms with Crippen molar-refractivity contribution in [3.05, 3.63) is 59.2 Å². The Labute approximate surface area is 119 Å². The average molecular weight is 273 g/mol. The molecule has 0 spiro atoms. The number of aromatic nitrogens is 1. The van der Waals surface area contributed by atoms with Gasteiger partial charge < -0.3 is 4.90 Å². The predicted molar refractivity (Wildman–Crippen MR) is 79.8 cm³/mol. The summed E-state index contributed by atoms with van der Waals surface area (Å²) in [4.78, 5) is 6.85. The van der Waals surface area contributed by atoms with Crippen LogP contribution in [0.1, 0.15) is 18.4 Å². The Morgan fingerprint density at radius 2 is 2.00 bits per heavy atom. The van der Waals surface area contributed by atoms with E-state index in [0.717, 1.165) is 18.8 Å². The van der Waals surface area contributed by atoms with E-state index in [-0.39, 0.29) is 0 Å². The lowest BCUT2D eigenvalue weighted by Crippen LogP contribution is -2.31. The van der Waals surface area contributed by atoms with Gasteiger partial charge in [-0.25, -0.2) is 4.98 Å². The first-order valence-electron chi connectivity index (χ1n) is 6.75. The summed E-state index contributed by atoms with van der Waals surface area (Å²) < 4.78 is 0. The fourth-order valence-corrected chi connectivity index (χ4v) is 2.89. The molecule has 1 aliphatic heterocycles. The molecule has 0 saturated carbocycles. The highest BCUT2D eigenvalue weighted by molar-refractivity contribution is 6.30. The molecule has 2 heterocycles. The zero-order valence-corrected chi connectivity index (χ0v) is 11.6. The smallest absolute Gasteiger partial charge is 0.128 e. The van der Waals surface area contributed by atoms with E-state index in [1.807, 2.05) is 12.1 Å².